The number of hydrogen-bond donors (Lipinski definition) is 2. The number of hydrogen-bond acceptors (Lipinski definition) is 4. The van der Waals surface area contributed by atoms with E-state index in [1.54, 1.807) is 0 Å². The Morgan fingerprint density at radius 1 is 1.53 bits per heavy atom. The largest absolute Gasteiger partial charge is 0.396 e. The number of nitrogens with one attached hydrogen (secondary N) is 1. The topological polar surface area (TPSA) is 90.5 Å². The Labute approximate surface area is 116 Å². The predicted molar refractivity (Wildman–Crippen MR) is 70.6 cm³/mol. The van der Waals surface area contributed by atoms with E-state index >= 15 is 0 Å². The molecule has 1 saturated heterocycles. The molecule has 1 fully saturated rings. The molecule has 0 aliphatic carbocycles. The molecule has 1 aliphatic heterocycles. The van der Waals surface area contributed by atoms with Crippen LogP contribution in [0.5, 0.6) is 0 Å². The van der Waals surface area contributed by atoms with Crippen LogP contribution >= 0.6 is 11.6 Å². The lowest BCUT2D eigenvalue weighted by atomic mass is 10.1. The van der Waals surface area contributed by atoms with Crippen LogP contribution in [0.2, 0.25) is 5.02 Å². The smallest absolute Gasteiger partial charge is 0.266 e. The van der Waals surface area contributed by atoms with Gasteiger partial charge in [-0.05, 0) is 24.8 Å². The Morgan fingerprint density at radius 3 is 2.89 bits per heavy atom. The minimum absolute atomic E-state index is 0.0123. The van der Waals surface area contributed by atoms with Gasteiger partial charge in [-0.25, -0.2) is 8.42 Å². The SMILES string of the molecule is O=c1[nH]cc(S(=O)(=O)N2CCC(CCO)C2)cc1Cl. The van der Waals surface area contributed by atoms with Crippen LogP contribution in [0.25, 0.3) is 0 Å². The lowest BCUT2D eigenvalue weighted by Crippen LogP contribution is -2.29. The molecule has 0 saturated carbocycles. The summed E-state index contributed by atoms with van der Waals surface area (Å²) in [6.07, 6.45) is 2.48. The molecule has 106 valence electrons. The molecular weight excluding hydrogens is 292 g/mol. The summed E-state index contributed by atoms with van der Waals surface area (Å²) in [4.78, 5) is 13.4. The van der Waals surface area contributed by atoms with Gasteiger partial charge in [-0.1, -0.05) is 11.6 Å². The van der Waals surface area contributed by atoms with Gasteiger partial charge < -0.3 is 10.1 Å². The van der Waals surface area contributed by atoms with E-state index in [-0.39, 0.29) is 22.4 Å². The van der Waals surface area contributed by atoms with E-state index in [1.807, 2.05) is 0 Å². The maximum absolute atomic E-state index is 12.3. The number of pyridine rings is 1. The molecule has 1 aromatic rings. The summed E-state index contributed by atoms with van der Waals surface area (Å²) in [5.74, 6) is 0.179. The normalized spacial score (nSPS) is 20.8. The monoisotopic (exact) mass is 306 g/mol. The molecule has 1 unspecified atom stereocenters. The van der Waals surface area contributed by atoms with E-state index in [0.29, 0.717) is 19.5 Å². The van der Waals surface area contributed by atoms with Crippen molar-refractivity contribution >= 4 is 21.6 Å². The van der Waals surface area contributed by atoms with Crippen LogP contribution in [-0.4, -0.2) is 42.5 Å². The number of aromatic nitrogens is 1. The third-order valence-electron chi connectivity index (χ3n) is 3.26. The highest BCUT2D eigenvalue weighted by atomic mass is 35.5. The van der Waals surface area contributed by atoms with Gasteiger partial charge >= 0.3 is 0 Å². The molecule has 0 aromatic carbocycles. The fraction of sp³-hybridized carbons (Fsp3) is 0.545. The van der Waals surface area contributed by atoms with E-state index < -0.39 is 15.6 Å². The molecule has 0 spiro atoms. The first-order valence-electron chi connectivity index (χ1n) is 5.94. The zero-order valence-corrected chi connectivity index (χ0v) is 11.7. The van der Waals surface area contributed by atoms with Crippen LogP contribution in [0.15, 0.2) is 22.0 Å². The summed E-state index contributed by atoms with van der Waals surface area (Å²) in [6, 6.07) is 1.16. The van der Waals surface area contributed by atoms with Crippen molar-refractivity contribution in [3.63, 3.8) is 0 Å². The van der Waals surface area contributed by atoms with E-state index in [9.17, 15) is 13.2 Å². The van der Waals surface area contributed by atoms with Crippen molar-refractivity contribution in [2.24, 2.45) is 5.92 Å². The molecule has 2 N–H and O–H groups in total. The van der Waals surface area contributed by atoms with Crippen LogP contribution in [0.1, 0.15) is 12.8 Å². The van der Waals surface area contributed by atoms with Crippen LogP contribution in [0.3, 0.4) is 0 Å². The molecule has 2 rings (SSSR count). The summed E-state index contributed by atoms with van der Waals surface area (Å²) in [5, 5.41) is 8.73. The van der Waals surface area contributed by atoms with Crippen molar-refractivity contribution in [3.05, 3.63) is 27.6 Å². The molecule has 1 atom stereocenters. The summed E-state index contributed by atoms with van der Waals surface area (Å²) in [6.45, 7) is 0.867. The van der Waals surface area contributed by atoms with Gasteiger partial charge in [0.05, 0.1) is 4.90 Å². The Morgan fingerprint density at radius 2 is 2.26 bits per heavy atom. The highest BCUT2D eigenvalue weighted by Gasteiger charge is 2.32. The van der Waals surface area contributed by atoms with Gasteiger partial charge in [0.25, 0.3) is 5.56 Å². The molecule has 0 amide bonds. The quantitative estimate of drug-likeness (QED) is 0.843. The Bertz CT molecular complexity index is 613. The minimum atomic E-state index is -3.63. The molecule has 0 bridgehead atoms. The average Bonchev–Trinajstić information content (AvgIpc) is 2.82. The van der Waals surface area contributed by atoms with Crippen LogP contribution < -0.4 is 5.56 Å². The second-order valence-electron chi connectivity index (χ2n) is 4.54. The highest BCUT2D eigenvalue weighted by molar-refractivity contribution is 7.89. The van der Waals surface area contributed by atoms with Crippen molar-refractivity contribution in [2.75, 3.05) is 19.7 Å². The molecule has 6 nitrogen and oxygen atoms in total. The molecule has 19 heavy (non-hydrogen) atoms. The van der Waals surface area contributed by atoms with Crippen molar-refractivity contribution in [1.82, 2.24) is 9.29 Å². The van der Waals surface area contributed by atoms with Crippen LogP contribution in [0, 0.1) is 5.92 Å². The molecule has 0 radical (unpaired) electrons. The average molecular weight is 307 g/mol. The van der Waals surface area contributed by atoms with Crippen LogP contribution in [0.4, 0.5) is 0 Å². The number of aliphatic hydroxyl groups excluding tert-OH is 1. The zero-order valence-electron chi connectivity index (χ0n) is 10.2. The fourth-order valence-electron chi connectivity index (χ4n) is 2.17. The summed E-state index contributed by atoms with van der Waals surface area (Å²) in [7, 11) is -3.63. The molecule has 1 aromatic heterocycles. The number of sulfonamides is 1. The van der Waals surface area contributed by atoms with Gasteiger partial charge in [0.2, 0.25) is 10.0 Å². The molecule has 1 aliphatic rings. The van der Waals surface area contributed by atoms with E-state index in [1.165, 1.54) is 4.31 Å². The van der Waals surface area contributed by atoms with Gasteiger partial charge in [0.1, 0.15) is 5.02 Å². The number of aromatic amines is 1. The van der Waals surface area contributed by atoms with Crippen molar-refractivity contribution in [1.29, 1.82) is 0 Å². The third-order valence-corrected chi connectivity index (χ3v) is 5.38. The Hall–Kier alpha value is -0.890. The fourth-order valence-corrected chi connectivity index (χ4v) is 3.93. The second kappa shape index (κ2) is 5.62. The predicted octanol–water partition coefficient (Wildman–Crippen LogP) is 0.421. The van der Waals surface area contributed by atoms with Crippen molar-refractivity contribution in [3.8, 4) is 0 Å². The van der Waals surface area contributed by atoms with Gasteiger partial charge in [-0.15, -0.1) is 0 Å². The van der Waals surface area contributed by atoms with Crippen molar-refractivity contribution in [2.45, 2.75) is 17.7 Å². The first-order valence-corrected chi connectivity index (χ1v) is 7.76. The van der Waals surface area contributed by atoms with Crippen LogP contribution in [-0.2, 0) is 10.0 Å². The molecule has 8 heteroatoms. The number of nitrogens with zero attached hydrogens (tertiary/aromatic N) is 1. The van der Waals surface area contributed by atoms with Gasteiger partial charge in [0, 0.05) is 25.9 Å². The lowest BCUT2D eigenvalue weighted by molar-refractivity contribution is 0.259. The maximum Gasteiger partial charge on any atom is 0.266 e. The highest BCUT2D eigenvalue weighted by Crippen LogP contribution is 2.26. The van der Waals surface area contributed by atoms with E-state index in [2.05, 4.69) is 4.98 Å². The Kier molecular flexibility index (Phi) is 4.29. The Balaban J connectivity index is 2.23. The second-order valence-corrected chi connectivity index (χ2v) is 6.89. The first kappa shape index (κ1) is 14.5. The van der Waals surface area contributed by atoms with Crippen molar-refractivity contribution < 1.29 is 13.5 Å². The van der Waals surface area contributed by atoms with E-state index in [4.69, 9.17) is 16.7 Å². The standard InChI is InChI=1S/C11H15ClN2O4S/c12-10-5-9(6-13-11(10)16)19(17,18)14-3-1-8(7-14)2-4-15/h5-6,8,15H,1-4,7H2,(H,13,16). The number of halogens is 1. The summed E-state index contributed by atoms with van der Waals surface area (Å²) < 4.78 is 26.0. The number of H-pyrrole nitrogens is 1. The third kappa shape index (κ3) is 3.00. The van der Waals surface area contributed by atoms with Gasteiger partial charge in [-0.3, -0.25) is 4.79 Å². The van der Waals surface area contributed by atoms with E-state index in [0.717, 1.165) is 18.7 Å². The van der Waals surface area contributed by atoms with Gasteiger partial charge in [0.15, 0.2) is 0 Å². The number of aliphatic hydroxyl groups is 1. The number of rotatable bonds is 4. The van der Waals surface area contributed by atoms with Gasteiger partial charge in [-0.2, -0.15) is 4.31 Å². The lowest BCUT2D eigenvalue weighted by Gasteiger charge is -2.16. The molecular formula is C11H15ClN2O4S. The summed E-state index contributed by atoms with van der Waals surface area (Å²) in [5.41, 5.74) is -0.514. The maximum atomic E-state index is 12.3. The summed E-state index contributed by atoms with van der Waals surface area (Å²) >= 11 is 5.65. The minimum Gasteiger partial charge on any atom is -0.396 e. The molecule has 2 heterocycles. The first-order chi connectivity index (χ1) is 8.95. The zero-order chi connectivity index (χ0) is 14.0.